The Morgan fingerprint density at radius 2 is 2.18 bits per heavy atom. The van der Waals surface area contributed by atoms with Crippen LogP contribution in [0.25, 0.3) is 5.69 Å². The minimum Gasteiger partial charge on any atom is -0.493 e. The molecule has 0 aliphatic carbocycles. The number of aromatic nitrogens is 2. The third kappa shape index (κ3) is 3.58. The van der Waals surface area contributed by atoms with Crippen LogP contribution in [-0.2, 0) is 0 Å². The van der Waals surface area contributed by atoms with Gasteiger partial charge in [0.15, 0.2) is 5.69 Å². The van der Waals surface area contributed by atoms with Crippen LogP contribution in [0.5, 0.6) is 5.88 Å². The second-order valence-corrected chi connectivity index (χ2v) is 5.67. The van der Waals surface area contributed by atoms with Crippen molar-refractivity contribution in [2.75, 3.05) is 27.2 Å². The van der Waals surface area contributed by atoms with Gasteiger partial charge in [0.25, 0.3) is 5.91 Å². The van der Waals surface area contributed by atoms with Gasteiger partial charge in [0, 0.05) is 19.2 Å². The maximum Gasteiger partial charge on any atom is 0.271 e. The van der Waals surface area contributed by atoms with Crippen LogP contribution >= 0.6 is 11.6 Å². The number of carbonyl (C=O) groups is 1. The first-order chi connectivity index (χ1) is 10.4. The van der Waals surface area contributed by atoms with E-state index >= 15 is 0 Å². The molecule has 1 aromatic carbocycles. The van der Waals surface area contributed by atoms with Crippen molar-refractivity contribution in [3.05, 3.63) is 40.5 Å². The van der Waals surface area contributed by atoms with E-state index in [2.05, 4.69) is 10.4 Å². The molecule has 1 heterocycles. The number of aryl methyl sites for hydroxylation is 1. The molecule has 2 N–H and O–H groups in total. The Morgan fingerprint density at radius 1 is 1.45 bits per heavy atom. The van der Waals surface area contributed by atoms with Crippen molar-refractivity contribution in [3.8, 4) is 11.6 Å². The van der Waals surface area contributed by atoms with Crippen molar-refractivity contribution in [1.82, 2.24) is 20.0 Å². The highest BCUT2D eigenvalue weighted by molar-refractivity contribution is 6.32. The van der Waals surface area contributed by atoms with E-state index in [9.17, 15) is 9.90 Å². The maximum absolute atomic E-state index is 12.0. The highest BCUT2D eigenvalue weighted by atomic mass is 35.5. The van der Waals surface area contributed by atoms with E-state index in [4.69, 9.17) is 11.6 Å². The van der Waals surface area contributed by atoms with Gasteiger partial charge in [-0.05, 0) is 32.6 Å². The van der Waals surface area contributed by atoms with E-state index in [0.29, 0.717) is 17.3 Å². The number of aromatic hydroxyl groups is 1. The van der Waals surface area contributed by atoms with Gasteiger partial charge in [0.05, 0.1) is 10.7 Å². The van der Waals surface area contributed by atoms with Crippen LogP contribution in [-0.4, -0.2) is 52.9 Å². The molecule has 0 bridgehead atoms. The molecular formula is C15H19ClN4O2. The summed E-state index contributed by atoms with van der Waals surface area (Å²) in [5, 5.41) is 17.4. The molecular weight excluding hydrogens is 304 g/mol. The first-order valence-corrected chi connectivity index (χ1v) is 7.25. The average molecular weight is 323 g/mol. The number of rotatable bonds is 5. The highest BCUT2D eigenvalue weighted by Gasteiger charge is 2.17. The molecule has 0 radical (unpaired) electrons. The lowest BCUT2D eigenvalue weighted by Gasteiger charge is -2.10. The van der Waals surface area contributed by atoms with Crippen molar-refractivity contribution in [3.63, 3.8) is 0 Å². The summed E-state index contributed by atoms with van der Waals surface area (Å²) < 4.78 is 1.28. The number of nitrogens with one attached hydrogen (secondary N) is 1. The number of amides is 1. The lowest BCUT2D eigenvalue weighted by atomic mass is 10.2. The minimum absolute atomic E-state index is 0.131. The van der Waals surface area contributed by atoms with E-state index < -0.39 is 0 Å². The molecule has 0 unspecified atom stereocenters. The SMILES string of the molecule is Cc1cccc(Cl)c1-n1nc(C(=O)NCCN(C)C)cc1O. The summed E-state index contributed by atoms with van der Waals surface area (Å²) in [6, 6.07) is 6.71. The molecule has 1 amide bonds. The number of para-hydroxylation sites is 1. The number of hydrogen-bond acceptors (Lipinski definition) is 4. The van der Waals surface area contributed by atoms with E-state index in [1.165, 1.54) is 10.7 Å². The monoisotopic (exact) mass is 322 g/mol. The summed E-state index contributed by atoms with van der Waals surface area (Å²) in [5.74, 6) is -0.463. The zero-order chi connectivity index (χ0) is 16.3. The number of likely N-dealkylation sites (N-methyl/N-ethyl adjacent to an activating group) is 1. The molecule has 0 aliphatic rings. The van der Waals surface area contributed by atoms with Crippen LogP contribution < -0.4 is 5.32 Å². The second-order valence-electron chi connectivity index (χ2n) is 5.26. The second kappa shape index (κ2) is 6.81. The van der Waals surface area contributed by atoms with Crippen LogP contribution in [0.15, 0.2) is 24.3 Å². The third-order valence-electron chi connectivity index (χ3n) is 3.17. The third-order valence-corrected chi connectivity index (χ3v) is 3.47. The summed E-state index contributed by atoms with van der Waals surface area (Å²) in [4.78, 5) is 14.0. The normalized spacial score (nSPS) is 11.0. The van der Waals surface area contributed by atoms with Gasteiger partial charge in [-0.1, -0.05) is 23.7 Å². The zero-order valence-corrected chi connectivity index (χ0v) is 13.6. The summed E-state index contributed by atoms with van der Waals surface area (Å²) in [5.41, 5.74) is 1.56. The van der Waals surface area contributed by atoms with Gasteiger partial charge in [-0.3, -0.25) is 4.79 Å². The predicted octanol–water partition coefficient (Wildman–Crippen LogP) is 1.83. The van der Waals surface area contributed by atoms with Crippen molar-refractivity contribution >= 4 is 17.5 Å². The quantitative estimate of drug-likeness (QED) is 0.881. The molecule has 0 aliphatic heterocycles. The molecule has 6 nitrogen and oxygen atoms in total. The summed E-state index contributed by atoms with van der Waals surface area (Å²) >= 11 is 6.17. The first-order valence-electron chi connectivity index (χ1n) is 6.87. The lowest BCUT2D eigenvalue weighted by Crippen LogP contribution is -2.31. The average Bonchev–Trinajstić information content (AvgIpc) is 2.80. The largest absolute Gasteiger partial charge is 0.493 e. The molecule has 118 valence electrons. The molecule has 1 aromatic heterocycles. The van der Waals surface area contributed by atoms with Gasteiger partial charge in [-0.2, -0.15) is 9.78 Å². The van der Waals surface area contributed by atoms with Gasteiger partial charge in [-0.15, -0.1) is 0 Å². The van der Waals surface area contributed by atoms with Crippen LogP contribution in [0, 0.1) is 6.92 Å². The molecule has 0 saturated heterocycles. The molecule has 2 rings (SSSR count). The Labute approximate surface area is 134 Å². The Bertz CT molecular complexity index is 662. The Kier molecular flexibility index (Phi) is 5.05. The van der Waals surface area contributed by atoms with E-state index in [1.54, 1.807) is 6.07 Å². The molecule has 7 heteroatoms. The van der Waals surface area contributed by atoms with E-state index in [-0.39, 0.29) is 17.5 Å². The lowest BCUT2D eigenvalue weighted by molar-refractivity contribution is 0.0945. The molecule has 0 atom stereocenters. The number of nitrogens with zero attached hydrogens (tertiary/aromatic N) is 3. The smallest absolute Gasteiger partial charge is 0.271 e. The van der Waals surface area contributed by atoms with Crippen LogP contribution in [0.4, 0.5) is 0 Å². The topological polar surface area (TPSA) is 70.4 Å². The summed E-state index contributed by atoms with van der Waals surface area (Å²) in [6.45, 7) is 3.09. The summed E-state index contributed by atoms with van der Waals surface area (Å²) in [6.07, 6.45) is 0. The van der Waals surface area contributed by atoms with E-state index in [1.807, 2.05) is 38.1 Å². The first kappa shape index (κ1) is 16.3. The van der Waals surface area contributed by atoms with Crippen LogP contribution in [0.1, 0.15) is 16.1 Å². The van der Waals surface area contributed by atoms with Crippen molar-refractivity contribution < 1.29 is 9.90 Å². The number of carbonyl (C=O) groups excluding carboxylic acids is 1. The van der Waals surface area contributed by atoms with Crippen molar-refractivity contribution in [2.45, 2.75) is 6.92 Å². The Hall–Kier alpha value is -2.05. The fraction of sp³-hybridized carbons (Fsp3) is 0.333. The fourth-order valence-electron chi connectivity index (χ4n) is 2.02. The maximum atomic E-state index is 12.0. The van der Waals surface area contributed by atoms with Gasteiger partial charge in [0.2, 0.25) is 5.88 Å². The number of halogens is 1. The van der Waals surface area contributed by atoms with Gasteiger partial charge in [0.1, 0.15) is 0 Å². The molecule has 0 spiro atoms. The number of hydrogen-bond donors (Lipinski definition) is 2. The predicted molar refractivity (Wildman–Crippen MR) is 85.9 cm³/mol. The van der Waals surface area contributed by atoms with Gasteiger partial charge >= 0.3 is 0 Å². The standard InChI is InChI=1S/C15H19ClN4O2/c1-10-5-4-6-11(16)14(10)20-13(21)9-12(18-20)15(22)17-7-8-19(2)3/h4-6,9,21H,7-8H2,1-3H3,(H,17,22). The van der Waals surface area contributed by atoms with Crippen molar-refractivity contribution in [1.29, 1.82) is 0 Å². The van der Waals surface area contributed by atoms with E-state index in [0.717, 1.165) is 12.1 Å². The minimum atomic E-state index is -0.333. The van der Waals surface area contributed by atoms with Crippen molar-refractivity contribution in [2.24, 2.45) is 0 Å². The Balaban J connectivity index is 2.23. The zero-order valence-electron chi connectivity index (χ0n) is 12.8. The highest BCUT2D eigenvalue weighted by Crippen LogP contribution is 2.27. The Morgan fingerprint density at radius 3 is 2.82 bits per heavy atom. The number of benzene rings is 1. The van der Waals surface area contributed by atoms with Crippen LogP contribution in [0.2, 0.25) is 5.02 Å². The van der Waals surface area contributed by atoms with Gasteiger partial charge in [-0.25, -0.2) is 0 Å². The molecule has 0 fully saturated rings. The van der Waals surface area contributed by atoms with Gasteiger partial charge < -0.3 is 15.3 Å². The van der Waals surface area contributed by atoms with Crippen LogP contribution in [0.3, 0.4) is 0 Å². The molecule has 22 heavy (non-hydrogen) atoms. The fourth-order valence-corrected chi connectivity index (χ4v) is 2.32. The molecule has 0 saturated carbocycles. The summed E-state index contributed by atoms with van der Waals surface area (Å²) in [7, 11) is 3.85. The molecule has 2 aromatic rings.